The second-order valence-electron chi connectivity index (χ2n) is 2.25. The molecule has 0 aliphatic carbocycles. The number of carbonyl (C=O) groups is 1. The number of hydrogen-bond donors (Lipinski definition) is 1. The van der Waals surface area contributed by atoms with Crippen LogP contribution in [-0.2, 0) is 33.7 Å². The summed E-state index contributed by atoms with van der Waals surface area (Å²) < 4.78 is 8.98. The molecule has 0 aliphatic heterocycles. The average Bonchev–Trinajstić information content (AvgIpc) is 2.27. The van der Waals surface area contributed by atoms with E-state index in [0.29, 0.717) is 6.42 Å². The normalized spacial score (nSPS) is 11.4. The number of methoxy groups -OCH3 is 2. The summed E-state index contributed by atoms with van der Waals surface area (Å²) in [4.78, 5) is 11.0. The van der Waals surface area contributed by atoms with E-state index in [9.17, 15) is 4.79 Å². The molecule has 1 atom stereocenters. The molecule has 0 saturated carbocycles. The smallest absolute Gasteiger partial charge is 0.312 e. The zero-order valence-electron chi connectivity index (χ0n) is 9.95. The number of hydrogen-bond acceptors (Lipinski definition) is 4. The first-order valence-electron chi connectivity index (χ1n) is 4.39. The molecule has 0 bridgehead atoms. The topological polar surface area (TPSA) is 55.8 Å². The van der Waals surface area contributed by atoms with Crippen LogP contribution in [0.25, 0.3) is 0 Å². The van der Waals surface area contributed by atoms with E-state index in [-0.39, 0.29) is 31.4 Å². The summed E-state index contributed by atoms with van der Waals surface area (Å²) in [6.07, 6.45) is 1.89. The van der Waals surface area contributed by atoms with Gasteiger partial charge >= 0.3 is 5.97 Å². The minimum Gasteiger partial charge on any atom is -0.481 e. The second kappa shape index (κ2) is 13.4. The Labute approximate surface area is 104 Å². The fraction of sp³-hybridized carbons (Fsp3) is 0.600. The number of carbonyl (C=O) groups excluding carboxylic acids is 1. The Morgan fingerprint density at radius 1 is 1.40 bits per heavy atom. The predicted molar refractivity (Wildman–Crippen MR) is 54.5 cm³/mol. The predicted octanol–water partition coefficient (Wildman–Crippen LogP) is 2.07. The molecule has 0 aromatic carbocycles. The van der Waals surface area contributed by atoms with Gasteiger partial charge in [0.05, 0.1) is 20.1 Å². The molecule has 0 amide bonds. The molecule has 0 radical (unpaired) electrons. The first-order chi connectivity index (χ1) is 6.65. The van der Waals surface area contributed by atoms with Crippen molar-refractivity contribution in [2.75, 3.05) is 14.2 Å². The number of rotatable bonds is 4. The summed E-state index contributed by atoms with van der Waals surface area (Å²) in [6.45, 7) is 6.82. The second-order valence-corrected chi connectivity index (χ2v) is 2.25. The van der Waals surface area contributed by atoms with Gasteiger partial charge in [-0.2, -0.15) is 6.92 Å². The van der Waals surface area contributed by atoms with Crippen LogP contribution in [0.2, 0.25) is 0 Å². The van der Waals surface area contributed by atoms with E-state index < -0.39 is 5.92 Å². The van der Waals surface area contributed by atoms with Crippen LogP contribution in [0.15, 0.2) is 12.0 Å². The SMILES string of the molecule is CC[C@@H](/C=C(/O)OC)C(=O)OC.[CH2-]C.[Zn]. The molecule has 0 fully saturated rings. The van der Waals surface area contributed by atoms with Gasteiger partial charge in [-0.15, -0.1) is 0 Å². The van der Waals surface area contributed by atoms with Crippen LogP contribution in [0.3, 0.4) is 0 Å². The largest absolute Gasteiger partial charge is 0.481 e. The number of aliphatic hydroxyl groups excluding tert-OH is 1. The van der Waals surface area contributed by atoms with Gasteiger partial charge in [-0.25, -0.2) is 0 Å². The average molecular weight is 269 g/mol. The van der Waals surface area contributed by atoms with Crippen molar-refractivity contribution in [2.45, 2.75) is 20.3 Å². The summed E-state index contributed by atoms with van der Waals surface area (Å²) in [6, 6.07) is 0. The van der Waals surface area contributed by atoms with E-state index >= 15 is 0 Å². The van der Waals surface area contributed by atoms with Crippen molar-refractivity contribution in [1.82, 2.24) is 0 Å². The van der Waals surface area contributed by atoms with Crippen molar-refractivity contribution in [3.8, 4) is 0 Å². The first-order valence-corrected chi connectivity index (χ1v) is 4.39. The number of aliphatic hydroxyl groups is 1. The fourth-order valence-corrected chi connectivity index (χ4v) is 0.744. The molecule has 4 nitrogen and oxygen atoms in total. The van der Waals surface area contributed by atoms with E-state index in [2.05, 4.69) is 16.4 Å². The maximum absolute atomic E-state index is 11.0. The fourth-order valence-electron chi connectivity index (χ4n) is 0.744. The zero-order valence-corrected chi connectivity index (χ0v) is 12.9. The molecule has 0 unspecified atom stereocenters. The van der Waals surface area contributed by atoms with Gasteiger partial charge in [-0.1, -0.05) is 6.92 Å². The monoisotopic (exact) mass is 267 g/mol. The van der Waals surface area contributed by atoms with Crippen LogP contribution in [0.4, 0.5) is 0 Å². The summed E-state index contributed by atoms with van der Waals surface area (Å²) in [7, 11) is 2.64. The third kappa shape index (κ3) is 9.73. The van der Waals surface area contributed by atoms with Gasteiger partial charge in [0.2, 0.25) is 0 Å². The molecule has 86 valence electrons. The van der Waals surface area contributed by atoms with Crippen molar-refractivity contribution >= 4 is 5.97 Å². The van der Waals surface area contributed by atoms with Crippen LogP contribution in [0.5, 0.6) is 0 Å². The molecule has 0 saturated heterocycles. The Hall–Kier alpha value is -0.567. The van der Waals surface area contributed by atoms with Crippen molar-refractivity contribution in [3.05, 3.63) is 18.9 Å². The molecule has 0 heterocycles. The van der Waals surface area contributed by atoms with E-state index in [1.54, 1.807) is 6.92 Å². The molecule has 0 aromatic heterocycles. The van der Waals surface area contributed by atoms with Gasteiger partial charge in [-0.05, 0) is 6.42 Å². The molecular weight excluding hydrogens is 249 g/mol. The molecule has 0 rings (SSSR count). The van der Waals surface area contributed by atoms with Gasteiger partial charge in [0, 0.05) is 25.6 Å². The zero-order chi connectivity index (χ0) is 11.6. The van der Waals surface area contributed by atoms with Crippen LogP contribution in [0, 0.1) is 12.8 Å². The van der Waals surface area contributed by atoms with Crippen LogP contribution < -0.4 is 0 Å². The molecule has 0 aromatic rings. The minimum atomic E-state index is -0.435. The Balaban J connectivity index is -0.000000449. The van der Waals surface area contributed by atoms with Crippen molar-refractivity contribution in [3.63, 3.8) is 0 Å². The molecular formula is C10H19O4Zn-. The van der Waals surface area contributed by atoms with E-state index in [1.165, 1.54) is 20.3 Å². The van der Waals surface area contributed by atoms with E-state index in [1.807, 2.05) is 6.92 Å². The maximum Gasteiger partial charge on any atom is 0.312 e. The molecule has 1 N–H and O–H groups in total. The van der Waals surface area contributed by atoms with Crippen LogP contribution in [-0.4, -0.2) is 25.3 Å². The Morgan fingerprint density at radius 3 is 2.13 bits per heavy atom. The van der Waals surface area contributed by atoms with Crippen LogP contribution in [0.1, 0.15) is 20.3 Å². The standard InChI is InChI=1S/C8H14O4.C2H5.Zn/c1-4-6(8(10)12-3)5-7(9)11-2;1-2;/h5-6,9H,4H2,1-3H3;1H2,2H3;/q;-1;/b7-5-;;/t6-;;/m0../s1. The van der Waals surface area contributed by atoms with Gasteiger partial charge < -0.3 is 21.5 Å². The quantitative estimate of drug-likeness (QED) is 0.367. The van der Waals surface area contributed by atoms with Gasteiger partial charge in [-0.3, -0.25) is 4.79 Å². The van der Waals surface area contributed by atoms with Crippen LogP contribution >= 0.6 is 0 Å². The molecule has 0 spiro atoms. The van der Waals surface area contributed by atoms with Gasteiger partial charge in [0.15, 0.2) is 0 Å². The summed E-state index contributed by atoms with van der Waals surface area (Å²) >= 11 is 0. The third-order valence-corrected chi connectivity index (χ3v) is 1.50. The van der Waals surface area contributed by atoms with Gasteiger partial charge in [0.25, 0.3) is 5.95 Å². The molecule has 5 heteroatoms. The number of esters is 1. The van der Waals surface area contributed by atoms with Crippen molar-refractivity contribution in [2.24, 2.45) is 5.92 Å². The minimum absolute atomic E-state index is 0. The Morgan fingerprint density at radius 2 is 1.87 bits per heavy atom. The number of ether oxygens (including phenoxy) is 2. The maximum atomic E-state index is 11.0. The molecule has 0 aliphatic rings. The molecule has 15 heavy (non-hydrogen) atoms. The van der Waals surface area contributed by atoms with Gasteiger partial charge in [0.1, 0.15) is 0 Å². The van der Waals surface area contributed by atoms with Crippen molar-refractivity contribution in [1.29, 1.82) is 0 Å². The Bertz CT molecular complexity index is 180. The Kier molecular flexibility index (Phi) is 17.8. The summed E-state index contributed by atoms with van der Waals surface area (Å²) in [5, 5.41) is 8.93. The first kappa shape index (κ1) is 19.9. The third-order valence-electron chi connectivity index (χ3n) is 1.50. The van der Waals surface area contributed by atoms with Crippen molar-refractivity contribution < 1.29 is 38.9 Å². The summed E-state index contributed by atoms with van der Waals surface area (Å²) in [5.74, 6) is -1.07. The van der Waals surface area contributed by atoms with E-state index in [4.69, 9.17) is 5.11 Å². The van der Waals surface area contributed by atoms with E-state index in [0.717, 1.165) is 0 Å². The summed E-state index contributed by atoms with van der Waals surface area (Å²) in [5.41, 5.74) is 0.